The minimum absolute atomic E-state index is 0.0809. The molecular formula is C23H20Cl2O3S. The zero-order chi connectivity index (χ0) is 21.0. The second-order valence-corrected chi connectivity index (χ2v) is 8.63. The van der Waals surface area contributed by atoms with Gasteiger partial charge < -0.3 is 9.47 Å². The average molecular weight is 447 g/mol. The summed E-state index contributed by atoms with van der Waals surface area (Å²) >= 11 is 13.4. The van der Waals surface area contributed by atoms with Crippen LogP contribution in [0.4, 0.5) is 0 Å². The number of halogens is 2. The van der Waals surface area contributed by atoms with Crippen LogP contribution in [0, 0.1) is 13.8 Å². The van der Waals surface area contributed by atoms with Gasteiger partial charge in [-0.3, -0.25) is 4.79 Å². The van der Waals surface area contributed by atoms with Gasteiger partial charge >= 0.3 is 0 Å². The number of ketones is 1. The highest BCUT2D eigenvalue weighted by Gasteiger charge is 2.09. The molecule has 1 aromatic heterocycles. The number of benzene rings is 2. The van der Waals surface area contributed by atoms with Crippen LogP contribution in [0.2, 0.25) is 9.36 Å². The highest BCUT2D eigenvalue weighted by atomic mass is 35.5. The molecule has 0 aliphatic carbocycles. The number of ether oxygens (including phenoxy) is 2. The number of hydrogen-bond acceptors (Lipinski definition) is 4. The lowest BCUT2D eigenvalue weighted by atomic mass is 10.1. The second-order valence-electron chi connectivity index (χ2n) is 6.53. The smallest absolute Gasteiger partial charge is 0.195 e. The molecule has 0 aliphatic rings. The number of thiophene rings is 1. The van der Waals surface area contributed by atoms with Crippen molar-refractivity contribution in [1.29, 1.82) is 0 Å². The minimum Gasteiger partial charge on any atom is -0.496 e. The molecule has 0 unspecified atom stereocenters. The zero-order valence-corrected chi connectivity index (χ0v) is 18.6. The summed E-state index contributed by atoms with van der Waals surface area (Å²) in [5.74, 6) is 1.39. The van der Waals surface area contributed by atoms with Crippen LogP contribution >= 0.6 is 34.5 Å². The van der Waals surface area contributed by atoms with Crippen LogP contribution in [0.5, 0.6) is 11.5 Å². The van der Waals surface area contributed by atoms with E-state index in [2.05, 4.69) is 0 Å². The maximum absolute atomic E-state index is 12.2. The van der Waals surface area contributed by atoms with Gasteiger partial charge in [-0.25, -0.2) is 0 Å². The second kappa shape index (κ2) is 9.49. The topological polar surface area (TPSA) is 35.5 Å². The van der Waals surface area contributed by atoms with Gasteiger partial charge in [-0.15, -0.1) is 11.3 Å². The Hall–Kier alpha value is -2.27. The van der Waals surface area contributed by atoms with Gasteiger partial charge in [0.1, 0.15) is 18.1 Å². The van der Waals surface area contributed by atoms with Crippen molar-refractivity contribution in [1.82, 2.24) is 0 Å². The zero-order valence-electron chi connectivity index (χ0n) is 16.3. The van der Waals surface area contributed by atoms with Crippen molar-refractivity contribution in [3.8, 4) is 11.5 Å². The molecule has 3 aromatic rings. The Morgan fingerprint density at radius 3 is 2.41 bits per heavy atom. The Bertz CT molecular complexity index is 1050. The van der Waals surface area contributed by atoms with Crippen molar-refractivity contribution in [3.63, 3.8) is 0 Å². The molecule has 0 saturated carbocycles. The van der Waals surface area contributed by atoms with E-state index in [1.807, 2.05) is 44.2 Å². The Labute approximate surface area is 184 Å². The van der Waals surface area contributed by atoms with Crippen LogP contribution in [0.1, 0.15) is 31.9 Å². The molecule has 1 heterocycles. The molecule has 0 fully saturated rings. The first-order valence-corrected chi connectivity index (χ1v) is 10.5. The van der Waals surface area contributed by atoms with E-state index in [9.17, 15) is 4.79 Å². The van der Waals surface area contributed by atoms with E-state index in [-0.39, 0.29) is 5.78 Å². The summed E-state index contributed by atoms with van der Waals surface area (Å²) < 4.78 is 12.0. The van der Waals surface area contributed by atoms with Gasteiger partial charge in [-0.05, 0) is 73.0 Å². The molecule has 0 atom stereocenters. The summed E-state index contributed by atoms with van der Waals surface area (Å²) in [6, 6.07) is 13.0. The predicted octanol–water partition coefficient (Wildman–Crippen LogP) is 7.16. The highest BCUT2D eigenvalue weighted by Crippen LogP contribution is 2.28. The molecule has 6 heteroatoms. The van der Waals surface area contributed by atoms with Gasteiger partial charge in [0, 0.05) is 10.6 Å². The standard InChI is InChI=1S/C23H20Cl2O3S/c1-14-10-18(11-15(2)23(14)25)28-13-17-12-16(5-7-20(17)27-3)4-6-19(26)21-8-9-22(24)29-21/h4-12H,13H2,1-3H3/b6-4+. The fourth-order valence-corrected chi connectivity index (χ4v) is 3.94. The molecule has 0 aliphatic heterocycles. The largest absolute Gasteiger partial charge is 0.496 e. The SMILES string of the molecule is COc1ccc(/C=C/C(=O)c2ccc(Cl)s2)cc1COc1cc(C)c(Cl)c(C)c1. The lowest BCUT2D eigenvalue weighted by molar-refractivity contribution is 0.105. The van der Waals surface area contributed by atoms with E-state index in [1.54, 1.807) is 31.4 Å². The van der Waals surface area contributed by atoms with Crippen molar-refractivity contribution < 1.29 is 14.3 Å². The van der Waals surface area contributed by atoms with Gasteiger partial charge in [-0.1, -0.05) is 35.3 Å². The van der Waals surface area contributed by atoms with E-state index in [0.29, 0.717) is 15.8 Å². The fourth-order valence-electron chi connectivity index (χ4n) is 2.87. The maximum Gasteiger partial charge on any atom is 0.195 e. The quantitative estimate of drug-likeness (QED) is 0.285. The van der Waals surface area contributed by atoms with Gasteiger partial charge in [0.25, 0.3) is 0 Å². The molecule has 0 amide bonds. The molecule has 0 bridgehead atoms. The molecule has 3 nitrogen and oxygen atoms in total. The summed E-state index contributed by atoms with van der Waals surface area (Å²) in [6.45, 7) is 4.23. The number of carbonyl (C=O) groups excluding carboxylic acids is 1. The number of methoxy groups -OCH3 is 1. The van der Waals surface area contributed by atoms with E-state index in [4.69, 9.17) is 32.7 Å². The number of hydrogen-bond donors (Lipinski definition) is 0. The molecule has 3 rings (SSSR count). The van der Waals surface area contributed by atoms with Crippen LogP contribution in [0.15, 0.2) is 48.5 Å². The predicted molar refractivity (Wildman–Crippen MR) is 121 cm³/mol. The third kappa shape index (κ3) is 5.41. The summed E-state index contributed by atoms with van der Waals surface area (Å²) in [4.78, 5) is 12.9. The molecule has 0 radical (unpaired) electrons. The van der Waals surface area contributed by atoms with Crippen molar-refractivity contribution >= 4 is 46.4 Å². The number of allylic oxidation sites excluding steroid dienone is 1. The Morgan fingerprint density at radius 2 is 1.79 bits per heavy atom. The number of rotatable bonds is 7. The van der Waals surface area contributed by atoms with Crippen molar-refractivity contribution in [3.05, 3.63) is 85.0 Å². The van der Waals surface area contributed by atoms with E-state index < -0.39 is 0 Å². The summed E-state index contributed by atoms with van der Waals surface area (Å²) in [6.07, 6.45) is 3.32. The molecule has 2 aromatic carbocycles. The molecule has 0 N–H and O–H groups in total. The first-order valence-electron chi connectivity index (χ1n) is 8.91. The first-order chi connectivity index (χ1) is 13.9. The molecule has 150 valence electrons. The van der Waals surface area contributed by atoms with Crippen molar-refractivity contribution in [2.75, 3.05) is 7.11 Å². The molecular weight excluding hydrogens is 427 g/mol. The van der Waals surface area contributed by atoms with Gasteiger partial charge in [0.2, 0.25) is 0 Å². The van der Waals surface area contributed by atoms with E-state index >= 15 is 0 Å². The van der Waals surface area contributed by atoms with Crippen LogP contribution < -0.4 is 9.47 Å². The molecule has 29 heavy (non-hydrogen) atoms. The lowest BCUT2D eigenvalue weighted by Gasteiger charge is -2.13. The maximum atomic E-state index is 12.2. The van der Waals surface area contributed by atoms with Gasteiger partial charge in [-0.2, -0.15) is 0 Å². The number of aryl methyl sites for hydroxylation is 2. The minimum atomic E-state index is -0.0809. The van der Waals surface area contributed by atoms with Crippen LogP contribution in [0.3, 0.4) is 0 Å². The van der Waals surface area contributed by atoms with Crippen LogP contribution in [-0.4, -0.2) is 12.9 Å². The Morgan fingerprint density at radius 1 is 1.07 bits per heavy atom. The normalized spacial score (nSPS) is 11.1. The highest BCUT2D eigenvalue weighted by molar-refractivity contribution is 7.18. The van der Waals surface area contributed by atoms with Gasteiger partial charge in [0.15, 0.2) is 5.78 Å². The summed E-state index contributed by atoms with van der Waals surface area (Å²) in [7, 11) is 1.62. The van der Waals surface area contributed by atoms with Crippen molar-refractivity contribution in [2.24, 2.45) is 0 Å². The third-order valence-electron chi connectivity index (χ3n) is 4.35. The van der Waals surface area contributed by atoms with Crippen molar-refractivity contribution in [2.45, 2.75) is 20.5 Å². The Balaban J connectivity index is 1.76. The molecule has 0 spiro atoms. The van der Waals surface area contributed by atoms with E-state index in [0.717, 1.165) is 38.8 Å². The number of carbonyl (C=O) groups is 1. The van der Waals surface area contributed by atoms with E-state index in [1.165, 1.54) is 11.3 Å². The van der Waals surface area contributed by atoms with Gasteiger partial charge in [0.05, 0.1) is 16.3 Å². The summed E-state index contributed by atoms with van der Waals surface area (Å²) in [5, 5.41) is 0.749. The molecule has 0 saturated heterocycles. The Kier molecular flexibility index (Phi) is 7.01. The first kappa shape index (κ1) is 21.4. The van der Waals surface area contributed by atoms with Crippen LogP contribution in [-0.2, 0) is 6.61 Å². The monoisotopic (exact) mass is 446 g/mol. The van der Waals surface area contributed by atoms with Crippen LogP contribution in [0.25, 0.3) is 6.08 Å². The fraction of sp³-hybridized carbons (Fsp3) is 0.174. The lowest BCUT2D eigenvalue weighted by Crippen LogP contribution is -2.00. The summed E-state index contributed by atoms with van der Waals surface area (Å²) in [5.41, 5.74) is 3.70. The average Bonchev–Trinajstić information content (AvgIpc) is 3.15. The third-order valence-corrected chi connectivity index (χ3v) is 6.19.